The molecule has 3 aromatic heterocycles. The maximum absolute atomic E-state index is 15.3. The second-order valence-electron chi connectivity index (χ2n) is 10.7. The molecule has 5 rings (SSSR count). The molecule has 0 saturated carbocycles. The van der Waals surface area contributed by atoms with Gasteiger partial charge in [0, 0.05) is 29.8 Å². The van der Waals surface area contributed by atoms with Gasteiger partial charge in [0.15, 0.2) is 0 Å². The van der Waals surface area contributed by atoms with Gasteiger partial charge in [0.05, 0.1) is 35.1 Å². The van der Waals surface area contributed by atoms with Gasteiger partial charge in [-0.3, -0.25) is 9.59 Å². The van der Waals surface area contributed by atoms with E-state index in [1.807, 2.05) is 20.8 Å². The molecular weight excluding hydrogens is 543 g/mol. The summed E-state index contributed by atoms with van der Waals surface area (Å²) in [6.45, 7) is 5.32. The largest absolute Gasteiger partial charge is 0.478 e. The summed E-state index contributed by atoms with van der Waals surface area (Å²) in [5.74, 6) is -1.57. The monoisotopic (exact) mass is 570 g/mol. The minimum Gasteiger partial charge on any atom is -0.478 e. The second-order valence-corrected chi connectivity index (χ2v) is 10.7. The number of carbonyl (C=O) groups is 1. The van der Waals surface area contributed by atoms with Gasteiger partial charge in [0.25, 0.3) is 11.1 Å². The first-order chi connectivity index (χ1) is 19.9. The number of nitrogens with one attached hydrogen (secondary N) is 1. The van der Waals surface area contributed by atoms with Gasteiger partial charge < -0.3 is 15.5 Å². The Balaban J connectivity index is 1.62. The Morgan fingerprint density at radius 3 is 2.45 bits per heavy atom. The van der Waals surface area contributed by atoms with E-state index in [0.29, 0.717) is 10.9 Å². The van der Waals surface area contributed by atoms with E-state index in [4.69, 9.17) is 5.11 Å². The molecule has 214 valence electrons. The number of aromatic carboxylic acids is 1. The third-order valence-corrected chi connectivity index (χ3v) is 6.86. The van der Waals surface area contributed by atoms with Gasteiger partial charge in [-0.15, -0.1) is 0 Å². The number of hydrogen-bond donors (Lipinski definition) is 3. The highest BCUT2D eigenvalue weighted by Crippen LogP contribution is 2.30. The highest BCUT2D eigenvalue weighted by molar-refractivity contribution is 5.87. The molecule has 3 N–H and O–H groups in total. The van der Waals surface area contributed by atoms with Crippen molar-refractivity contribution in [2.24, 2.45) is 7.05 Å². The van der Waals surface area contributed by atoms with Crippen molar-refractivity contribution in [3.8, 4) is 16.9 Å². The number of nitrogens with zero attached hydrogens (tertiary/aromatic N) is 5. The lowest BCUT2D eigenvalue weighted by molar-refractivity contribution is 0.0696. The summed E-state index contributed by atoms with van der Waals surface area (Å²) in [4.78, 5) is 41.5. The van der Waals surface area contributed by atoms with Crippen LogP contribution in [0.1, 0.15) is 42.3 Å². The number of rotatable bonds is 6. The van der Waals surface area contributed by atoms with Crippen LogP contribution in [-0.4, -0.2) is 40.7 Å². The smallest absolute Gasteiger partial charge is 0.337 e. The number of fused-ring (bicyclic) bond motifs is 1. The van der Waals surface area contributed by atoms with Crippen LogP contribution in [-0.2, 0) is 19.1 Å². The SMILES string of the molecule is Cn1nc(-c2cccc(-n3ncc4cc(C(C)(C)C)cc(F)c4c3=O)c2CO)cc(Nc2ccc(C(=O)O)cn2)c1=O. The molecule has 11 nitrogen and oxygen atoms in total. The van der Waals surface area contributed by atoms with E-state index in [2.05, 4.69) is 20.5 Å². The molecule has 0 fully saturated rings. The Hall–Kier alpha value is -5.23. The van der Waals surface area contributed by atoms with Gasteiger partial charge in [0.1, 0.15) is 17.3 Å². The number of aryl methyl sites for hydroxylation is 1. The first kappa shape index (κ1) is 28.3. The van der Waals surface area contributed by atoms with Crippen molar-refractivity contribution >= 4 is 28.2 Å². The van der Waals surface area contributed by atoms with Crippen LogP contribution in [0.25, 0.3) is 27.7 Å². The van der Waals surface area contributed by atoms with Gasteiger partial charge in [-0.25, -0.2) is 18.9 Å². The van der Waals surface area contributed by atoms with Crippen LogP contribution >= 0.6 is 0 Å². The highest BCUT2D eigenvalue weighted by Gasteiger charge is 2.21. The molecule has 0 aliphatic carbocycles. The van der Waals surface area contributed by atoms with E-state index in [1.54, 1.807) is 24.3 Å². The van der Waals surface area contributed by atoms with Crippen molar-refractivity contribution in [2.45, 2.75) is 32.8 Å². The predicted molar refractivity (Wildman–Crippen MR) is 155 cm³/mol. The summed E-state index contributed by atoms with van der Waals surface area (Å²) >= 11 is 0. The van der Waals surface area contributed by atoms with Gasteiger partial charge in [-0.1, -0.05) is 32.9 Å². The summed E-state index contributed by atoms with van der Waals surface area (Å²) < 4.78 is 17.4. The van der Waals surface area contributed by atoms with E-state index in [-0.39, 0.29) is 44.8 Å². The fraction of sp³-hybridized carbons (Fsp3) is 0.200. The van der Waals surface area contributed by atoms with Crippen molar-refractivity contribution in [1.29, 1.82) is 0 Å². The molecule has 0 unspecified atom stereocenters. The first-order valence-electron chi connectivity index (χ1n) is 12.9. The minimum atomic E-state index is -1.13. The number of carboxylic acids is 1. The minimum absolute atomic E-state index is 0.0136. The highest BCUT2D eigenvalue weighted by atomic mass is 19.1. The quantitative estimate of drug-likeness (QED) is 0.276. The number of pyridine rings is 1. The average molecular weight is 571 g/mol. The molecule has 0 aliphatic heterocycles. The van der Waals surface area contributed by atoms with E-state index >= 15 is 4.39 Å². The molecular formula is C30H27FN6O5. The Labute approximate surface area is 238 Å². The average Bonchev–Trinajstić information content (AvgIpc) is 2.94. The molecule has 2 aromatic carbocycles. The molecule has 0 saturated heterocycles. The Morgan fingerprint density at radius 2 is 1.81 bits per heavy atom. The topological polar surface area (TPSA) is 152 Å². The van der Waals surface area contributed by atoms with Crippen molar-refractivity contribution in [3.63, 3.8) is 0 Å². The lowest BCUT2D eigenvalue weighted by Crippen LogP contribution is -2.24. The van der Waals surface area contributed by atoms with Crippen LogP contribution in [0, 0.1) is 5.82 Å². The number of aliphatic hydroxyl groups is 1. The standard InChI is InChI=1S/C30H27FN6O5/c1-30(2,3)18-10-17-14-33-37(28(40)26(17)21(31)11-18)24-7-5-6-19(20(24)15-38)22-12-23(27(39)36(4)35-22)34-25-9-8-16(13-32-25)29(41)42/h5-14,38H,15H2,1-4H3,(H,32,34)(H,41,42). The van der Waals surface area contributed by atoms with Crippen molar-refractivity contribution < 1.29 is 19.4 Å². The molecule has 0 atom stereocenters. The van der Waals surface area contributed by atoms with E-state index in [9.17, 15) is 19.5 Å². The molecule has 0 amide bonds. The molecule has 12 heteroatoms. The zero-order valence-electron chi connectivity index (χ0n) is 23.2. The van der Waals surface area contributed by atoms with Crippen LogP contribution in [0.15, 0.2) is 70.5 Å². The van der Waals surface area contributed by atoms with Crippen molar-refractivity contribution in [2.75, 3.05) is 5.32 Å². The number of aliphatic hydroxyl groups excluding tert-OH is 1. The Kier molecular flexibility index (Phi) is 7.17. The number of halogens is 1. The van der Waals surface area contributed by atoms with Crippen LogP contribution in [0.5, 0.6) is 0 Å². The number of benzene rings is 2. The molecule has 42 heavy (non-hydrogen) atoms. The fourth-order valence-electron chi connectivity index (χ4n) is 4.58. The number of hydrogen-bond acceptors (Lipinski definition) is 8. The number of carboxylic acid groups (broad SMARTS) is 1. The lowest BCUT2D eigenvalue weighted by Gasteiger charge is -2.20. The molecule has 0 aliphatic rings. The van der Waals surface area contributed by atoms with Crippen LogP contribution < -0.4 is 16.4 Å². The molecule has 0 bridgehead atoms. The molecule has 0 spiro atoms. The summed E-state index contributed by atoms with van der Waals surface area (Å²) in [6.07, 6.45) is 2.57. The van der Waals surface area contributed by atoms with Gasteiger partial charge in [0.2, 0.25) is 0 Å². The van der Waals surface area contributed by atoms with Crippen molar-refractivity contribution in [1.82, 2.24) is 24.5 Å². The normalized spacial score (nSPS) is 11.6. The van der Waals surface area contributed by atoms with Crippen molar-refractivity contribution in [3.05, 3.63) is 104 Å². The lowest BCUT2D eigenvalue weighted by atomic mass is 9.86. The summed E-state index contributed by atoms with van der Waals surface area (Å²) in [5.41, 5.74) is 0.467. The van der Waals surface area contributed by atoms with E-state index in [1.165, 1.54) is 37.5 Å². The third kappa shape index (κ3) is 5.15. The van der Waals surface area contributed by atoms with E-state index < -0.39 is 29.5 Å². The van der Waals surface area contributed by atoms with Crippen LogP contribution in [0.4, 0.5) is 15.9 Å². The third-order valence-electron chi connectivity index (χ3n) is 6.86. The first-order valence-corrected chi connectivity index (χ1v) is 12.9. The molecule has 3 heterocycles. The summed E-state index contributed by atoms with van der Waals surface area (Å²) in [6, 6.07) is 12.2. The van der Waals surface area contributed by atoms with Crippen LogP contribution in [0.3, 0.4) is 0 Å². The molecule has 5 aromatic rings. The van der Waals surface area contributed by atoms with Crippen LogP contribution in [0.2, 0.25) is 0 Å². The maximum atomic E-state index is 15.3. The summed E-state index contributed by atoms with van der Waals surface area (Å²) in [5, 5.41) is 31.3. The molecule has 0 radical (unpaired) electrons. The maximum Gasteiger partial charge on any atom is 0.337 e. The van der Waals surface area contributed by atoms with Gasteiger partial charge >= 0.3 is 5.97 Å². The van der Waals surface area contributed by atoms with E-state index in [0.717, 1.165) is 21.1 Å². The summed E-state index contributed by atoms with van der Waals surface area (Å²) in [7, 11) is 1.45. The zero-order chi connectivity index (χ0) is 30.3. The fourth-order valence-corrected chi connectivity index (χ4v) is 4.58. The zero-order valence-corrected chi connectivity index (χ0v) is 23.2. The Bertz CT molecular complexity index is 1980. The Morgan fingerprint density at radius 1 is 1.05 bits per heavy atom. The second kappa shape index (κ2) is 10.6. The van der Waals surface area contributed by atoms with Gasteiger partial charge in [-0.05, 0) is 47.4 Å². The number of anilines is 2. The van der Waals surface area contributed by atoms with Gasteiger partial charge in [-0.2, -0.15) is 14.9 Å². The number of aromatic nitrogens is 5. The predicted octanol–water partition coefficient (Wildman–Crippen LogP) is 3.91.